The van der Waals surface area contributed by atoms with Crippen LogP contribution in [0.2, 0.25) is 0 Å². The Hall–Kier alpha value is -1.19. The minimum Gasteiger partial charge on any atom is -0.384 e. The molecule has 0 saturated heterocycles. The van der Waals surface area contributed by atoms with Crippen molar-refractivity contribution < 1.29 is 13.2 Å². The van der Waals surface area contributed by atoms with Crippen molar-refractivity contribution in [2.45, 2.75) is 19.5 Å². The molecule has 0 radical (unpaired) electrons. The molecule has 1 N–H and O–H groups in total. The van der Waals surface area contributed by atoms with Crippen LogP contribution in [0.4, 0.5) is 18.9 Å². The Balaban J connectivity index is 2.52. The highest BCUT2D eigenvalue weighted by Crippen LogP contribution is 2.35. The van der Waals surface area contributed by atoms with Gasteiger partial charge in [0.05, 0.1) is 5.56 Å². The number of aryl methyl sites for hydroxylation is 1. The Kier molecular flexibility index (Phi) is 1.94. The molecule has 1 aromatic rings. The molecule has 0 atom stereocenters. The number of alkyl halides is 3. The van der Waals surface area contributed by atoms with Gasteiger partial charge in [-0.15, -0.1) is 0 Å². The summed E-state index contributed by atoms with van der Waals surface area (Å²) < 4.78 is 37.2. The molecule has 2 rings (SSSR count). The fourth-order valence-corrected chi connectivity index (χ4v) is 1.79. The Morgan fingerprint density at radius 2 is 2.00 bits per heavy atom. The summed E-state index contributed by atoms with van der Waals surface area (Å²) in [4.78, 5) is 0. The summed E-state index contributed by atoms with van der Waals surface area (Å²) in [6, 6.07) is 2.40. The normalized spacial score (nSPS) is 15.1. The topological polar surface area (TPSA) is 12.0 Å². The molecule has 0 fully saturated rings. The molecule has 0 bridgehead atoms. The number of hydrogen-bond acceptors (Lipinski definition) is 1. The predicted molar refractivity (Wildman–Crippen MR) is 48.4 cm³/mol. The van der Waals surface area contributed by atoms with Crippen LogP contribution in [0.3, 0.4) is 0 Å². The van der Waals surface area contributed by atoms with E-state index < -0.39 is 11.7 Å². The van der Waals surface area contributed by atoms with Crippen LogP contribution in [0.25, 0.3) is 0 Å². The van der Waals surface area contributed by atoms with Crippen LogP contribution < -0.4 is 5.32 Å². The molecule has 1 nitrogen and oxygen atoms in total. The van der Waals surface area contributed by atoms with Crippen LogP contribution in [0, 0.1) is 6.92 Å². The molecule has 0 aliphatic carbocycles. The monoisotopic (exact) mass is 201 g/mol. The SMILES string of the molecule is Cc1cc(C(F)(F)F)cc2c1CCN2. The molecule has 0 aromatic heterocycles. The van der Waals surface area contributed by atoms with E-state index in [9.17, 15) is 13.2 Å². The van der Waals surface area contributed by atoms with Gasteiger partial charge in [-0.05, 0) is 36.6 Å². The van der Waals surface area contributed by atoms with Crippen molar-refractivity contribution in [1.29, 1.82) is 0 Å². The van der Waals surface area contributed by atoms with Gasteiger partial charge in [0.25, 0.3) is 0 Å². The van der Waals surface area contributed by atoms with Gasteiger partial charge in [-0.1, -0.05) is 0 Å². The summed E-state index contributed by atoms with van der Waals surface area (Å²) in [6.07, 6.45) is -3.43. The number of halogens is 3. The van der Waals surface area contributed by atoms with Crippen LogP contribution in [0.5, 0.6) is 0 Å². The lowest BCUT2D eigenvalue weighted by Gasteiger charge is -2.11. The highest BCUT2D eigenvalue weighted by molar-refractivity contribution is 5.60. The van der Waals surface area contributed by atoms with E-state index in [1.807, 2.05) is 0 Å². The maximum absolute atomic E-state index is 12.4. The van der Waals surface area contributed by atoms with Gasteiger partial charge < -0.3 is 5.32 Å². The molecule has 1 aliphatic rings. The number of rotatable bonds is 0. The predicted octanol–water partition coefficient (Wildman–Crippen LogP) is 2.98. The van der Waals surface area contributed by atoms with E-state index in [0.717, 1.165) is 24.1 Å². The van der Waals surface area contributed by atoms with E-state index >= 15 is 0 Å². The zero-order valence-electron chi connectivity index (χ0n) is 7.70. The molecule has 0 spiro atoms. The number of nitrogens with one attached hydrogen (secondary N) is 1. The molecule has 1 heterocycles. The summed E-state index contributed by atoms with van der Waals surface area (Å²) in [5, 5.41) is 2.95. The van der Waals surface area contributed by atoms with Crippen molar-refractivity contribution in [3.8, 4) is 0 Å². The lowest BCUT2D eigenvalue weighted by atomic mass is 10.0. The fraction of sp³-hybridized carbons (Fsp3) is 0.400. The molecule has 0 unspecified atom stereocenters. The van der Waals surface area contributed by atoms with Gasteiger partial charge in [-0.2, -0.15) is 13.2 Å². The molecule has 4 heteroatoms. The van der Waals surface area contributed by atoms with Gasteiger partial charge >= 0.3 is 6.18 Å². The van der Waals surface area contributed by atoms with Crippen LogP contribution in [-0.4, -0.2) is 6.54 Å². The number of benzene rings is 1. The molecular weight excluding hydrogens is 191 g/mol. The highest BCUT2D eigenvalue weighted by Gasteiger charge is 2.32. The Labute approximate surface area is 79.9 Å². The molecule has 1 aromatic carbocycles. The van der Waals surface area contributed by atoms with Crippen molar-refractivity contribution >= 4 is 5.69 Å². The van der Waals surface area contributed by atoms with Crippen molar-refractivity contribution in [3.05, 3.63) is 28.8 Å². The van der Waals surface area contributed by atoms with Crippen LogP contribution in [0.1, 0.15) is 16.7 Å². The van der Waals surface area contributed by atoms with Crippen LogP contribution in [0.15, 0.2) is 12.1 Å². The second-order valence-corrected chi connectivity index (χ2v) is 3.49. The number of anilines is 1. The first kappa shape index (κ1) is 9.37. The Bertz CT molecular complexity index is 368. The molecule has 1 aliphatic heterocycles. The lowest BCUT2D eigenvalue weighted by Crippen LogP contribution is -2.06. The molecule has 0 amide bonds. The third-order valence-corrected chi connectivity index (χ3v) is 2.49. The van der Waals surface area contributed by atoms with E-state index in [1.54, 1.807) is 6.92 Å². The summed E-state index contributed by atoms with van der Waals surface area (Å²) >= 11 is 0. The molecule has 76 valence electrons. The van der Waals surface area contributed by atoms with Crippen LogP contribution >= 0.6 is 0 Å². The second-order valence-electron chi connectivity index (χ2n) is 3.49. The smallest absolute Gasteiger partial charge is 0.384 e. The zero-order valence-corrected chi connectivity index (χ0v) is 7.70. The first-order valence-electron chi connectivity index (χ1n) is 4.43. The van der Waals surface area contributed by atoms with E-state index in [0.29, 0.717) is 5.69 Å². The first-order chi connectivity index (χ1) is 6.48. The maximum atomic E-state index is 12.4. The quantitative estimate of drug-likeness (QED) is 0.680. The Morgan fingerprint density at radius 1 is 1.29 bits per heavy atom. The van der Waals surface area contributed by atoms with E-state index in [4.69, 9.17) is 0 Å². The largest absolute Gasteiger partial charge is 0.416 e. The number of fused-ring (bicyclic) bond motifs is 1. The first-order valence-corrected chi connectivity index (χ1v) is 4.43. The standard InChI is InChI=1S/C10H10F3N/c1-6-4-7(10(11,12)13)5-9-8(6)2-3-14-9/h4-5,14H,2-3H2,1H3. The summed E-state index contributed by atoms with van der Waals surface area (Å²) in [7, 11) is 0. The van der Waals surface area contributed by atoms with Crippen molar-refractivity contribution in [2.75, 3.05) is 11.9 Å². The van der Waals surface area contributed by atoms with Crippen molar-refractivity contribution in [2.24, 2.45) is 0 Å². The Morgan fingerprint density at radius 3 is 2.64 bits per heavy atom. The van der Waals surface area contributed by atoms with Gasteiger partial charge in [-0.3, -0.25) is 0 Å². The van der Waals surface area contributed by atoms with Gasteiger partial charge in [0.15, 0.2) is 0 Å². The van der Waals surface area contributed by atoms with Gasteiger partial charge in [-0.25, -0.2) is 0 Å². The van der Waals surface area contributed by atoms with Crippen LogP contribution in [-0.2, 0) is 12.6 Å². The van der Waals surface area contributed by atoms with E-state index in [2.05, 4.69) is 5.32 Å². The fourth-order valence-electron chi connectivity index (χ4n) is 1.79. The molecular formula is C10H10F3N. The van der Waals surface area contributed by atoms with Gasteiger partial charge in [0, 0.05) is 12.2 Å². The minimum atomic E-state index is -4.25. The van der Waals surface area contributed by atoms with Crippen molar-refractivity contribution in [3.63, 3.8) is 0 Å². The average molecular weight is 201 g/mol. The molecule has 14 heavy (non-hydrogen) atoms. The zero-order chi connectivity index (χ0) is 10.3. The average Bonchev–Trinajstić information content (AvgIpc) is 2.50. The summed E-state index contributed by atoms with van der Waals surface area (Å²) in [5.41, 5.74) is 1.80. The maximum Gasteiger partial charge on any atom is 0.416 e. The number of hydrogen-bond donors (Lipinski definition) is 1. The minimum absolute atomic E-state index is 0.567. The summed E-state index contributed by atoms with van der Waals surface area (Å²) in [5.74, 6) is 0. The lowest BCUT2D eigenvalue weighted by molar-refractivity contribution is -0.137. The van der Waals surface area contributed by atoms with E-state index in [-0.39, 0.29) is 0 Å². The highest BCUT2D eigenvalue weighted by atomic mass is 19.4. The second kappa shape index (κ2) is 2.90. The third-order valence-electron chi connectivity index (χ3n) is 2.49. The van der Waals surface area contributed by atoms with E-state index in [1.165, 1.54) is 12.1 Å². The summed E-state index contributed by atoms with van der Waals surface area (Å²) in [6.45, 7) is 2.46. The van der Waals surface area contributed by atoms with Gasteiger partial charge in [0.2, 0.25) is 0 Å². The van der Waals surface area contributed by atoms with Crippen molar-refractivity contribution in [1.82, 2.24) is 0 Å². The third kappa shape index (κ3) is 1.45. The molecule has 0 saturated carbocycles. The van der Waals surface area contributed by atoms with Gasteiger partial charge in [0.1, 0.15) is 0 Å².